The van der Waals surface area contributed by atoms with E-state index in [1.165, 1.54) is 51.4 Å². The fraction of sp³-hybridized carbons (Fsp3) is 1.00. The van der Waals surface area contributed by atoms with Gasteiger partial charge in [-0.3, -0.25) is 0 Å². The highest BCUT2D eigenvalue weighted by atomic mass is 16.8. The van der Waals surface area contributed by atoms with Gasteiger partial charge in [-0.15, -0.1) is 0 Å². The van der Waals surface area contributed by atoms with Gasteiger partial charge in [0.05, 0.1) is 45.7 Å². The number of aliphatic hydroxyl groups is 14. The lowest BCUT2D eigenvalue weighted by Gasteiger charge is -2.61. The predicted molar refractivity (Wildman–Crippen MR) is 257 cm³/mol. The summed E-state index contributed by atoms with van der Waals surface area (Å²) in [5.41, 5.74) is 0.589. The zero-order valence-electron chi connectivity index (χ0n) is 43.8. The van der Waals surface area contributed by atoms with Crippen molar-refractivity contribution in [2.75, 3.05) is 46.8 Å². The van der Waals surface area contributed by atoms with Crippen LogP contribution in [0.4, 0.5) is 0 Å². The van der Waals surface area contributed by atoms with Crippen LogP contribution < -0.4 is 0 Å². The smallest absolute Gasteiger partial charge is 0.187 e. The van der Waals surface area contributed by atoms with Gasteiger partial charge in [0.25, 0.3) is 0 Å². The van der Waals surface area contributed by atoms with E-state index in [0.717, 1.165) is 31.1 Å². The molecule has 75 heavy (non-hydrogen) atoms. The summed E-state index contributed by atoms with van der Waals surface area (Å²) in [7, 11) is 1.85. The third-order valence-electron chi connectivity index (χ3n) is 19.9. The highest BCUT2D eigenvalue weighted by Crippen LogP contribution is 2.68. The molecule has 4 heterocycles. The summed E-state index contributed by atoms with van der Waals surface area (Å²) in [6, 6.07) is 0. The number of aliphatic hydroxyl groups excluding tert-OH is 14. The lowest BCUT2D eigenvalue weighted by Crippen LogP contribution is -2.65. The molecule has 0 radical (unpaired) electrons. The van der Waals surface area contributed by atoms with Crippen LogP contribution in [0.5, 0.6) is 0 Å². The van der Waals surface area contributed by atoms with Crippen LogP contribution in [-0.2, 0) is 42.6 Å². The van der Waals surface area contributed by atoms with Gasteiger partial charge in [0.2, 0.25) is 0 Å². The molecule has 4 saturated carbocycles. The van der Waals surface area contributed by atoms with Gasteiger partial charge >= 0.3 is 0 Å². The molecular formula is C52H90O23. The summed E-state index contributed by atoms with van der Waals surface area (Å²) in [5.74, 6) is 3.28. The van der Waals surface area contributed by atoms with Crippen LogP contribution in [0, 0.1) is 52.3 Å². The maximum Gasteiger partial charge on any atom is 0.187 e. The molecule has 0 aromatic heterocycles. The van der Waals surface area contributed by atoms with Crippen molar-refractivity contribution in [2.24, 2.45) is 52.3 Å². The Kier molecular flexibility index (Phi) is 20.4. The van der Waals surface area contributed by atoms with Gasteiger partial charge < -0.3 is 114 Å². The Balaban J connectivity index is 0.918. The van der Waals surface area contributed by atoms with Crippen LogP contribution in [0.3, 0.4) is 0 Å². The molecule has 4 aliphatic heterocycles. The molecule has 4 aliphatic carbocycles. The third-order valence-corrected chi connectivity index (χ3v) is 19.9. The molecule has 0 bridgehead atoms. The highest BCUT2D eigenvalue weighted by molar-refractivity contribution is 5.10. The number of ether oxygens (including phenoxy) is 9. The molecule has 436 valence electrons. The highest BCUT2D eigenvalue weighted by Gasteiger charge is 2.61. The lowest BCUT2D eigenvalue weighted by molar-refractivity contribution is -0.363. The van der Waals surface area contributed by atoms with Crippen molar-refractivity contribution in [1.82, 2.24) is 0 Å². The molecule has 14 N–H and O–H groups in total. The molecule has 23 nitrogen and oxygen atoms in total. The topological polar surface area (TPSA) is 366 Å². The summed E-state index contributed by atoms with van der Waals surface area (Å²) in [6.07, 6.45) is -19.4. The van der Waals surface area contributed by atoms with Gasteiger partial charge in [0, 0.05) is 13.0 Å². The van der Waals surface area contributed by atoms with Crippen LogP contribution in [0.2, 0.25) is 0 Å². The Hall–Kier alpha value is -0.920. The molecule has 0 amide bonds. The molecule has 8 aliphatic rings. The largest absolute Gasteiger partial charge is 0.394 e. The van der Waals surface area contributed by atoms with Crippen LogP contribution in [0.1, 0.15) is 97.8 Å². The fourth-order valence-electron chi connectivity index (χ4n) is 15.4. The Labute approximate surface area is 438 Å². The van der Waals surface area contributed by atoms with Crippen molar-refractivity contribution >= 4 is 0 Å². The van der Waals surface area contributed by atoms with Crippen molar-refractivity contribution in [3.05, 3.63) is 0 Å². The number of rotatable bonds is 20. The molecule has 0 aromatic carbocycles. The van der Waals surface area contributed by atoms with Crippen molar-refractivity contribution in [3.8, 4) is 0 Å². The number of fused-ring (bicyclic) bond motifs is 5. The molecule has 30 atom stereocenters. The van der Waals surface area contributed by atoms with E-state index in [1.54, 1.807) is 0 Å². The molecule has 0 spiro atoms. The van der Waals surface area contributed by atoms with Gasteiger partial charge in [-0.1, -0.05) is 33.6 Å². The second-order valence-corrected chi connectivity index (χ2v) is 24.0. The van der Waals surface area contributed by atoms with E-state index in [4.69, 9.17) is 42.6 Å². The van der Waals surface area contributed by atoms with E-state index in [-0.39, 0.29) is 18.6 Å². The van der Waals surface area contributed by atoms with Gasteiger partial charge in [0.1, 0.15) is 97.7 Å². The van der Waals surface area contributed by atoms with Crippen molar-refractivity contribution in [3.63, 3.8) is 0 Å². The van der Waals surface area contributed by atoms with Crippen LogP contribution in [-0.4, -0.2) is 247 Å². The summed E-state index contributed by atoms with van der Waals surface area (Å²) in [5, 5.41) is 148. The van der Waals surface area contributed by atoms with E-state index < -0.39 is 155 Å². The van der Waals surface area contributed by atoms with Crippen LogP contribution in [0.25, 0.3) is 0 Å². The molecule has 23 heteroatoms. The number of hydrogen-bond acceptors (Lipinski definition) is 23. The second kappa shape index (κ2) is 25.5. The third kappa shape index (κ3) is 12.0. The summed E-state index contributed by atoms with van der Waals surface area (Å²) >= 11 is 0. The fourth-order valence-corrected chi connectivity index (χ4v) is 15.4. The van der Waals surface area contributed by atoms with Crippen molar-refractivity contribution in [1.29, 1.82) is 0 Å². The van der Waals surface area contributed by atoms with Crippen LogP contribution in [0.15, 0.2) is 0 Å². The van der Waals surface area contributed by atoms with E-state index in [0.29, 0.717) is 41.6 Å². The van der Waals surface area contributed by atoms with E-state index in [2.05, 4.69) is 20.8 Å². The first kappa shape index (κ1) is 60.2. The quantitative estimate of drug-likeness (QED) is 0.0593. The van der Waals surface area contributed by atoms with Gasteiger partial charge in [-0.05, 0) is 111 Å². The molecule has 10 unspecified atom stereocenters. The van der Waals surface area contributed by atoms with E-state index in [9.17, 15) is 71.5 Å². The van der Waals surface area contributed by atoms with Crippen LogP contribution >= 0.6 is 0 Å². The Bertz CT molecular complexity index is 1690. The van der Waals surface area contributed by atoms with Crippen molar-refractivity contribution < 1.29 is 114 Å². The normalized spacial score (nSPS) is 51.1. The maximum atomic E-state index is 11.3. The first-order chi connectivity index (χ1) is 35.7. The lowest BCUT2D eigenvalue weighted by atomic mass is 9.44. The van der Waals surface area contributed by atoms with Gasteiger partial charge in [0.15, 0.2) is 25.2 Å². The molecule has 0 aromatic rings. The Morgan fingerprint density at radius 3 is 1.45 bits per heavy atom. The Morgan fingerprint density at radius 1 is 0.493 bits per heavy atom. The second-order valence-electron chi connectivity index (χ2n) is 24.0. The SMILES string of the molecule is CO[C@@H]1CC[C@@]2(C)[C@H](CC[C@@H]3[C@@H]2CC[C@]2(C)[C@@H]([C@H](C)CCCC(CO[C@@H]4OC(CO)C(O[C@@H]5OC(CO)[C@@H](O)[C@H](O)C5O)[C@H](O)C4O)CO[C@@H]4OC(CO)[C@@H](O[C@H]5OC(CO)[C@@H](O)[C@H](O)C5O)[C@H](O)C4O)CC[C@@H]32)C1. The minimum Gasteiger partial charge on any atom is -0.394 e. The first-order valence-corrected chi connectivity index (χ1v) is 27.7. The van der Waals surface area contributed by atoms with E-state index in [1.807, 2.05) is 7.11 Å². The first-order valence-electron chi connectivity index (χ1n) is 27.7. The number of methoxy groups -OCH3 is 1. The maximum absolute atomic E-state index is 11.3. The van der Waals surface area contributed by atoms with Gasteiger partial charge in [-0.2, -0.15) is 0 Å². The minimum atomic E-state index is -1.84. The average Bonchev–Trinajstić information content (AvgIpc) is 3.79. The molecule has 4 saturated heterocycles. The average molecular weight is 1080 g/mol. The van der Waals surface area contributed by atoms with E-state index >= 15 is 0 Å². The summed E-state index contributed by atoms with van der Waals surface area (Å²) in [6.45, 7) is 4.12. The standard InChI is InChI=1S/C52H90O23/c1-23(28-10-11-29-27-9-8-25-16-26(67-4)12-14-51(25,2)30(27)13-15-52(28,29)3)6-5-7-24(21-68-47-43(65)39(61)45(33(19-55)72-47)74-49-41(63)37(59)35(57)31(17-53)70-49)22-69-48-44(66)40(62)46(34(20-56)73-48)75-50-42(64)38(60)36(58)32(18-54)71-50/h23-50,53-66H,5-22H2,1-4H3/t23-,24?,25-,26-,27+,28-,29+,30+,31?,32?,33?,34?,35-,36-,37+,38+,39-,40-,41?,42?,43?,44?,45-,46?,47-,48-,49-,50+,51+,52-/m1/s1. The molecule has 8 rings (SSSR count). The zero-order chi connectivity index (χ0) is 54.3. The summed E-state index contributed by atoms with van der Waals surface area (Å²) in [4.78, 5) is 0. The number of hydrogen-bond donors (Lipinski definition) is 14. The summed E-state index contributed by atoms with van der Waals surface area (Å²) < 4.78 is 52.2. The minimum absolute atomic E-state index is 0.159. The molecule has 8 fully saturated rings. The van der Waals surface area contributed by atoms with Crippen molar-refractivity contribution in [2.45, 2.75) is 227 Å². The zero-order valence-corrected chi connectivity index (χ0v) is 43.8. The predicted octanol–water partition coefficient (Wildman–Crippen LogP) is -2.64. The van der Waals surface area contributed by atoms with Gasteiger partial charge in [-0.25, -0.2) is 0 Å². The monoisotopic (exact) mass is 1080 g/mol. The Morgan fingerprint density at radius 2 is 0.960 bits per heavy atom. The molecular weight excluding hydrogens is 993 g/mol.